The van der Waals surface area contributed by atoms with Gasteiger partial charge in [0.1, 0.15) is 11.5 Å². The van der Waals surface area contributed by atoms with Crippen LogP contribution in [0.1, 0.15) is 11.1 Å². The fraction of sp³-hybridized carbons (Fsp3) is 0.286. The third-order valence-corrected chi connectivity index (χ3v) is 5.64. The molecule has 0 spiro atoms. The van der Waals surface area contributed by atoms with E-state index in [0.717, 1.165) is 5.69 Å². The van der Waals surface area contributed by atoms with Crippen LogP contribution in [-0.4, -0.2) is 75.4 Å². The third kappa shape index (κ3) is 7.39. The number of rotatable bonds is 5. The fourth-order valence-electron chi connectivity index (χ4n) is 3.65. The zero-order valence-electron chi connectivity index (χ0n) is 20.1. The average Bonchev–Trinajstić information content (AvgIpc) is 2.88. The van der Waals surface area contributed by atoms with Gasteiger partial charge in [0.2, 0.25) is 0 Å². The Morgan fingerprint density at radius 1 is 0.611 bits per heavy atom. The van der Waals surface area contributed by atoms with Crippen LogP contribution in [0.25, 0.3) is 0 Å². The topological polar surface area (TPSA) is 96.1 Å². The molecule has 3 aromatic rings. The van der Waals surface area contributed by atoms with Gasteiger partial charge in [0.05, 0.1) is 51.0 Å². The van der Waals surface area contributed by atoms with Gasteiger partial charge in [-0.3, -0.25) is 9.98 Å². The summed E-state index contributed by atoms with van der Waals surface area (Å²) in [6.07, 6.45) is 3.24. The monoisotopic (exact) mass is 489 g/mol. The molecule has 1 saturated heterocycles. The Morgan fingerprint density at radius 2 is 1.11 bits per heavy atom. The van der Waals surface area contributed by atoms with Gasteiger partial charge in [0, 0.05) is 42.3 Å². The Hall–Kier alpha value is -3.72. The third-order valence-electron chi connectivity index (χ3n) is 5.64. The van der Waals surface area contributed by atoms with Gasteiger partial charge in [0.15, 0.2) is 0 Å². The lowest BCUT2D eigenvalue weighted by atomic mass is 10.2. The van der Waals surface area contributed by atoms with Crippen molar-refractivity contribution in [3.05, 3.63) is 77.9 Å². The van der Waals surface area contributed by atoms with Gasteiger partial charge < -0.3 is 29.3 Å². The second-order valence-electron chi connectivity index (χ2n) is 8.13. The number of para-hydroxylation sites is 2. The predicted molar refractivity (Wildman–Crippen MR) is 142 cm³/mol. The number of benzene rings is 3. The maximum Gasteiger partial charge on any atom is 0.124 e. The molecule has 1 aliphatic rings. The molecule has 0 aliphatic carbocycles. The average molecular weight is 490 g/mol. The van der Waals surface area contributed by atoms with E-state index in [0.29, 0.717) is 75.2 Å². The van der Waals surface area contributed by atoms with Crippen molar-refractivity contribution < 1.29 is 24.4 Å². The molecule has 4 rings (SSSR count). The van der Waals surface area contributed by atoms with Crippen LogP contribution in [-0.2, 0) is 14.2 Å². The summed E-state index contributed by atoms with van der Waals surface area (Å²) in [5.74, 6) is 0.305. The van der Waals surface area contributed by atoms with Gasteiger partial charge in [-0.15, -0.1) is 0 Å². The van der Waals surface area contributed by atoms with E-state index >= 15 is 0 Å². The first kappa shape index (κ1) is 25.4. The van der Waals surface area contributed by atoms with Crippen LogP contribution in [0, 0.1) is 0 Å². The highest BCUT2D eigenvalue weighted by Crippen LogP contribution is 2.33. The van der Waals surface area contributed by atoms with Crippen molar-refractivity contribution >= 4 is 29.5 Å². The molecule has 1 heterocycles. The highest BCUT2D eigenvalue weighted by atomic mass is 16.5. The van der Waals surface area contributed by atoms with Crippen LogP contribution in [0.5, 0.6) is 11.5 Å². The van der Waals surface area contributed by atoms with E-state index in [1.807, 2.05) is 30.3 Å². The zero-order valence-corrected chi connectivity index (χ0v) is 20.1. The van der Waals surface area contributed by atoms with Gasteiger partial charge in [-0.05, 0) is 42.5 Å². The van der Waals surface area contributed by atoms with Crippen molar-refractivity contribution in [2.45, 2.75) is 0 Å². The number of ether oxygens (including phenoxy) is 3. The van der Waals surface area contributed by atoms with Gasteiger partial charge in [0.25, 0.3) is 0 Å². The summed E-state index contributed by atoms with van der Waals surface area (Å²) in [7, 11) is 0. The lowest BCUT2D eigenvalue weighted by molar-refractivity contribution is 0.0126. The van der Waals surface area contributed by atoms with Crippen LogP contribution in [0.15, 0.2) is 76.7 Å². The Labute approximate surface area is 211 Å². The number of hydrogen-bond acceptors (Lipinski definition) is 8. The number of phenolic OH excluding ortho intramolecular Hbond substituents is 2. The predicted octanol–water partition coefficient (Wildman–Crippen LogP) is 4.47. The van der Waals surface area contributed by atoms with Crippen LogP contribution < -0.4 is 4.90 Å². The number of anilines is 1. The first-order chi connectivity index (χ1) is 17.7. The van der Waals surface area contributed by atoms with Crippen LogP contribution in [0.3, 0.4) is 0 Å². The first-order valence-electron chi connectivity index (χ1n) is 12.0. The second kappa shape index (κ2) is 13.4. The summed E-state index contributed by atoms with van der Waals surface area (Å²) in [5, 5.41) is 20.3. The van der Waals surface area contributed by atoms with Gasteiger partial charge in [-0.25, -0.2) is 0 Å². The molecule has 36 heavy (non-hydrogen) atoms. The molecular formula is C28H31N3O5. The molecule has 3 aromatic carbocycles. The number of hydrogen-bond donors (Lipinski definition) is 2. The minimum atomic E-state index is 0.151. The summed E-state index contributed by atoms with van der Waals surface area (Å²) >= 11 is 0. The lowest BCUT2D eigenvalue weighted by Gasteiger charge is -2.26. The molecule has 0 aromatic heterocycles. The zero-order chi connectivity index (χ0) is 25.0. The molecule has 8 heteroatoms. The van der Waals surface area contributed by atoms with E-state index in [9.17, 15) is 10.2 Å². The summed E-state index contributed by atoms with van der Waals surface area (Å²) < 4.78 is 16.9. The Bertz CT molecular complexity index is 1170. The number of nitrogens with zero attached hydrogens (tertiary/aromatic N) is 3. The number of phenols is 2. The first-order valence-corrected chi connectivity index (χ1v) is 12.0. The van der Waals surface area contributed by atoms with Gasteiger partial charge in [-0.1, -0.05) is 24.3 Å². The van der Waals surface area contributed by atoms with Crippen LogP contribution in [0.2, 0.25) is 0 Å². The smallest absolute Gasteiger partial charge is 0.124 e. The highest BCUT2D eigenvalue weighted by molar-refractivity contribution is 5.90. The molecule has 0 unspecified atom stereocenters. The van der Waals surface area contributed by atoms with E-state index in [-0.39, 0.29) is 11.5 Å². The quantitative estimate of drug-likeness (QED) is 0.514. The summed E-state index contributed by atoms with van der Waals surface area (Å²) in [4.78, 5) is 11.5. The van der Waals surface area contributed by atoms with E-state index in [1.54, 1.807) is 48.8 Å². The van der Waals surface area contributed by atoms with Crippen molar-refractivity contribution in [2.75, 3.05) is 57.6 Å². The van der Waals surface area contributed by atoms with Crippen molar-refractivity contribution in [3.63, 3.8) is 0 Å². The minimum Gasteiger partial charge on any atom is -0.507 e. The maximum atomic E-state index is 10.2. The van der Waals surface area contributed by atoms with E-state index < -0.39 is 0 Å². The van der Waals surface area contributed by atoms with Crippen molar-refractivity contribution in [1.82, 2.24) is 0 Å². The summed E-state index contributed by atoms with van der Waals surface area (Å²) in [5.41, 5.74) is 3.44. The molecular weight excluding hydrogens is 458 g/mol. The molecule has 8 nitrogen and oxygen atoms in total. The molecule has 0 atom stereocenters. The molecule has 1 aliphatic heterocycles. The molecule has 188 valence electrons. The van der Waals surface area contributed by atoms with Crippen LogP contribution >= 0.6 is 0 Å². The number of aliphatic imine (C=N–C) groups is 2. The van der Waals surface area contributed by atoms with Gasteiger partial charge >= 0.3 is 0 Å². The molecule has 0 amide bonds. The maximum absolute atomic E-state index is 10.2. The van der Waals surface area contributed by atoms with E-state index in [2.05, 4.69) is 14.9 Å². The SMILES string of the molecule is Oc1ccccc1C=Nc1ccc(N2CCOCCOCCOCC2)cc1N=Cc1ccccc1O. The van der Waals surface area contributed by atoms with E-state index in [4.69, 9.17) is 14.2 Å². The summed E-state index contributed by atoms with van der Waals surface area (Å²) in [6, 6.07) is 19.9. The highest BCUT2D eigenvalue weighted by Gasteiger charge is 2.11. The largest absolute Gasteiger partial charge is 0.507 e. The van der Waals surface area contributed by atoms with Crippen molar-refractivity contribution in [1.29, 1.82) is 0 Å². The summed E-state index contributed by atoms with van der Waals surface area (Å²) in [6.45, 7) is 4.70. The fourth-order valence-corrected chi connectivity index (χ4v) is 3.65. The number of aromatic hydroxyl groups is 2. The Kier molecular flexibility index (Phi) is 9.44. The van der Waals surface area contributed by atoms with Gasteiger partial charge in [-0.2, -0.15) is 0 Å². The molecule has 0 saturated carbocycles. The van der Waals surface area contributed by atoms with Crippen LogP contribution in [0.4, 0.5) is 17.1 Å². The standard InChI is InChI=1S/C28H31N3O5/c32-27-7-3-1-5-22(27)20-29-25-10-9-24(19-26(25)30-21-23-6-2-4-8-28(23)33)31-11-13-34-15-17-36-18-16-35-14-12-31/h1-10,19-21,32-33H,11-18H2. The van der Waals surface area contributed by atoms with E-state index in [1.165, 1.54) is 0 Å². The molecule has 2 N–H and O–H groups in total. The lowest BCUT2D eigenvalue weighted by Crippen LogP contribution is -2.32. The minimum absolute atomic E-state index is 0.151. The molecule has 0 radical (unpaired) electrons. The molecule has 0 bridgehead atoms. The normalized spacial score (nSPS) is 16.2. The molecule has 1 fully saturated rings. The Balaban J connectivity index is 1.63. The second-order valence-corrected chi connectivity index (χ2v) is 8.13. The Morgan fingerprint density at radius 3 is 1.67 bits per heavy atom. The van der Waals surface area contributed by atoms with Crippen molar-refractivity contribution in [3.8, 4) is 11.5 Å². The van der Waals surface area contributed by atoms with Crippen molar-refractivity contribution in [2.24, 2.45) is 9.98 Å².